The van der Waals surface area contributed by atoms with E-state index in [0.29, 0.717) is 12.4 Å². The lowest BCUT2D eigenvalue weighted by Crippen LogP contribution is -2.01. The molecule has 15 heavy (non-hydrogen) atoms. The molecule has 0 aliphatic carbocycles. The molecular weight excluding hydrogens is 208 g/mol. The predicted molar refractivity (Wildman–Crippen MR) is 63.4 cm³/mol. The molecule has 1 aromatic carbocycles. The minimum atomic E-state index is 0.234. The minimum Gasteiger partial charge on any atom is -0.508 e. The molecule has 0 radical (unpaired) electrons. The molecular formula is C12H14O2S. The predicted octanol–water partition coefficient (Wildman–Crippen LogP) is 3.53. The fourth-order valence-electron chi connectivity index (χ4n) is 1.44. The first-order chi connectivity index (χ1) is 7.16. The highest BCUT2D eigenvalue weighted by molar-refractivity contribution is 7.17. The number of hydrogen-bond donors (Lipinski definition) is 1. The summed E-state index contributed by atoms with van der Waals surface area (Å²) in [6.45, 7) is 4.65. The lowest BCUT2D eigenvalue weighted by atomic mass is 10.2. The molecule has 0 unspecified atom stereocenters. The summed E-state index contributed by atoms with van der Waals surface area (Å²) < 4.78 is 6.75. The first kappa shape index (κ1) is 10.5. The Morgan fingerprint density at radius 1 is 1.40 bits per heavy atom. The van der Waals surface area contributed by atoms with Crippen LogP contribution >= 0.6 is 11.3 Å². The third-order valence-corrected chi connectivity index (χ3v) is 3.22. The Labute approximate surface area is 93.1 Å². The van der Waals surface area contributed by atoms with Gasteiger partial charge in [0.05, 0.1) is 12.7 Å². The summed E-state index contributed by atoms with van der Waals surface area (Å²) in [7, 11) is 0. The van der Waals surface area contributed by atoms with Crippen LogP contribution in [0, 0.1) is 0 Å². The molecule has 0 spiro atoms. The summed E-state index contributed by atoms with van der Waals surface area (Å²) >= 11 is 1.68. The van der Waals surface area contributed by atoms with Crippen molar-refractivity contribution in [2.75, 3.05) is 0 Å². The van der Waals surface area contributed by atoms with Crippen molar-refractivity contribution in [3.8, 4) is 5.75 Å². The van der Waals surface area contributed by atoms with E-state index in [1.165, 1.54) is 4.70 Å². The molecule has 0 aliphatic rings. The second-order valence-electron chi connectivity index (χ2n) is 3.80. The van der Waals surface area contributed by atoms with Crippen LogP contribution in [-0.4, -0.2) is 11.2 Å². The minimum absolute atomic E-state index is 0.234. The van der Waals surface area contributed by atoms with E-state index in [0.717, 1.165) is 10.9 Å². The summed E-state index contributed by atoms with van der Waals surface area (Å²) in [5.74, 6) is 0.312. The van der Waals surface area contributed by atoms with Crippen LogP contribution in [0.2, 0.25) is 0 Å². The van der Waals surface area contributed by atoms with Gasteiger partial charge in [0.1, 0.15) is 5.75 Å². The molecule has 0 atom stereocenters. The van der Waals surface area contributed by atoms with Crippen molar-refractivity contribution in [1.29, 1.82) is 0 Å². The number of fused-ring (bicyclic) bond motifs is 1. The lowest BCUT2D eigenvalue weighted by molar-refractivity contribution is 0.0666. The van der Waals surface area contributed by atoms with Crippen molar-refractivity contribution in [2.24, 2.45) is 0 Å². The molecule has 2 rings (SSSR count). The Morgan fingerprint density at radius 2 is 2.20 bits per heavy atom. The zero-order valence-corrected chi connectivity index (χ0v) is 9.67. The highest BCUT2D eigenvalue weighted by Gasteiger charge is 2.05. The van der Waals surface area contributed by atoms with Crippen molar-refractivity contribution < 1.29 is 9.84 Å². The van der Waals surface area contributed by atoms with Gasteiger partial charge in [-0.1, -0.05) is 0 Å². The van der Waals surface area contributed by atoms with Crippen molar-refractivity contribution in [3.63, 3.8) is 0 Å². The zero-order chi connectivity index (χ0) is 10.8. The summed E-state index contributed by atoms with van der Waals surface area (Å²) in [4.78, 5) is 0. The third-order valence-electron chi connectivity index (χ3n) is 2.21. The van der Waals surface area contributed by atoms with Gasteiger partial charge >= 0.3 is 0 Å². The number of phenols is 1. The van der Waals surface area contributed by atoms with E-state index >= 15 is 0 Å². The van der Waals surface area contributed by atoms with E-state index in [1.54, 1.807) is 23.5 Å². The molecule has 1 heterocycles. The van der Waals surface area contributed by atoms with Crippen molar-refractivity contribution in [3.05, 3.63) is 29.1 Å². The number of thiophene rings is 1. The van der Waals surface area contributed by atoms with Gasteiger partial charge in [0, 0.05) is 10.1 Å². The average Bonchev–Trinajstić information content (AvgIpc) is 2.57. The molecule has 0 fully saturated rings. The van der Waals surface area contributed by atoms with E-state index in [9.17, 15) is 5.11 Å². The maximum atomic E-state index is 9.41. The van der Waals surface area contributed by atoms with Gasteiger partial charge in [0.15, 0.2) is 0 Å². The number of ether oxygens (including phenoxy) is 1. The number of phenolic OH excluding ortho intramolecular Hbond substituents is 1. The summed E-state index contributed by atoms with van der Waals surface area (Å²) in [6.07, 6.45) is 0.234. The van der Waals surface area contributed by atoms with Crippen LogP contribution in [0.5, 0.6) is 5.75 Å². The first-order valence-electron chi connectivity index (χ1n) is 4.97. The highest BCUT2D eigenvalue weighted by Crippen LogP contribution is 2.29. The van der Waals surface area contributed by atoms with E-state index in [2.05, 4.69) is 5.38 Å². The van der Waals surface area contributed by atoms with Crippen LogP contribution in [0.4, 0.5) is 0 Å². The van der Waals surface area contributed by atoms with E-state index < -0.39 is 0 Å². The molecule has 0 aliphatic heterocycles. The molecule has 1 aromatic heterocycles. The zero-order valence-electron chi connectivity index (χ0n) is 8.86. The van der Waals surface area contributed by atoms with Crippen LogP contribution in [-0.2, 0) is 11.3 Å². The maximum Gasteiger partial charge on any atom is 0.116 e. The molecule has 0 bridgehead atoms. The second-order valence-corrected chi connectivity index (χ2v) is 4.71. The highest BCUT2D eigenvalue weighted by atomic mass is 32.1. The van der Waals surface area contributed by atoms with Crippen LogP contribution in [0.3, 0.4) is 0 Å². The quantitative estimate of drug-likeness (QED) is 0.860. The normalized spacial score (nSPS) is 11.4. The van der Waals surface area contributed by atoms with Crippen LogP contribution in [0.15, 0.2) is 23.6 Å². The van der Waals surface area contributed by atoms with Crippen LogP contribution < -0.4 is 0 Å². The van der Waals surface area contributed by atoms with E-state index in [4.69, 9.17) is 4.74 Å². The molecule has 2 aromatic rings. The summed E-state index contributed by atoms with van der Waals surface area (Å²) in [6, 6.07) is 5.45. The standard InChI is InChI=1S/C12H14O2S/c1-8(2)14-6-9-7-15-12-4-3-10(13)5-11(9)12/h3-5,7-8,13H,6H2,1-2H3. The monoisotopic (exact) mass is 222 g/mol. The van der Waals surface area contributed by atoms with E-state index in [1.807, 2.05) is 19.9 Å². The number of hydrogen-bond acceptors (Lipinski definition) is 3. The SMILES string of the molecule is CC(C)OCc1csc2ccc(O)cc12. The third kappa shape index (κ3) is 2.30. The van der Waals surface area contributed by atoms with Gasteiger partial charge in [0.2, 0.25) is 0 Å². The number of benzene rings is 1. The Bertz CT molecular complexity index is 460. The van der Waals surface area contributed by atoms with E-state index in [-0.39, 0.29) is 6.10 Å². The lowest BCUT2D eigenvalue weighted by Gasteiger charge is -2.06. The molecule has 80 valence electrons. The molecule has 3 heteroatoms. The Morgan fingerprint density at radius 3 is 2.93 bits per heavy atom. The van der Waals surface area contributed by atoms with Crippen molar-refractivity contribution in [1.82, 2.24) is 0 Å². The van der Waals surface area contributed by atoms with Crippen molar-refractivity contribution in [2.45, 2.75) is 26.6 Å². The maximum absolute atomic E-state index is 9.41. The fourth-order valence-corrected chi connectivity index (χ4v) is 2.37. The fraction of sp³-hybridized carbons (Fsp3) is 0.333. The van der Waals surface area contributed by atoms with Gasteiger partial charge < -0.3 is 9.84 Å². The molecule has 0 amide bonds. The first-order valence-corrected chi connectivity index (χ1v) is 5.85. The summed E-state index contributed by atoms with van der Waals surface area (Å²) in [5, 5.41) is 12.6. The van der Waals surface area contributed by atoms with Crippen LogP contribution in [0.25, 0.3) is 10.1 Å². The van der Waals surface area contributed by atoms with Gasteiger partial charge in [-0.25, -0.2) is 0 Å². The summed E-state index contributed by atoms with van der Waals surface area (Å²) in [5.41, 5.74) is 1.15. The largest absolute Gasteiger partial charge is 0.508 e. The Kier molecular flexibility index (Phi) is 2.93. The molecule has 1 N–H and O–H groups in total. The average molecular weight is 222 g/mol. The van der Waals surface area contributed by atoms with Gasteiger partial charge in [-0.2, -0.15) is 0 Å². The molecule has 0 saturated heterocycles. The Hall–Kier alpha value is -1.06. The Balaban J connectivity index is 2.31. The van der Waals surface area contributed by atoms with Gasteiger partial charge in [-0.3, -0.25) is 0 Å². The van der Waals surface area contributed by atoms with Crippen molar-refractivity contribution >= 4 is 21.4 Å². The van der Waals surface area contributed by atoms with Gasteiger partial charge in [0.25, 0.3) is 0 Å². The van der Waals surface area contributed by atoms with Gasteiger partial charge in [-0.15, -0.1) is 11.3 Å². The molecule has 0 saturated carbocycles. The molecule has 2 nitrogen and oxygen atoms in total. The topological polar surface area (TPSA) is 29.5 Å². The number of rotatable bonds is 3. The smallest absolute Gasteiger partial charge is 0.116 e. The van der Waals surface area contributed by atoms with Crippen LogP contribution in [0.1, 0.15) is 19.4 Å². The number of aromatic hydroxyl groups is 1. The van der Waals surface area contributed by atoms with Gasteiger partial charge in [-0.05, 0) is 43.0 Å². The second kappa shape index (κ2) is 4.21.